The van der Waals surface area contributed by atoms with Crippen LogP contribution in [0.3, 0.4) is 0 Å². The quantitative estimate of drug-likeness (QED) is 0.859. The number of hydrogen-bond acceptors (Lipinski definition) is 2. The molecule has 2 rings (SSSR count). The number of benzene rings is 2. The third-order valence-electron chi connectivity index (χ3n) is 3.60. The lowest BCUT2D eigenvalue weighted by Gasteiger charge is -2.19. The maximum atomic E-state index is 12.6. The summed E-state index contributed by atoms with van der Waals surface area (Å²) < 4.78 is 0. The van der Waals surface area contributed by atoms with Gasteiger partial charge in [-0.25, -0.2) is 0 Å². The van der Waals surface area contributed by atoms with Gasteiger partial charge in [0.25, 0.3) is 0 Å². The van der Waals surface area contributed by atoms with E-state index in [1.54, 1.807) is 0 Å². The molecule has 0 saturated carbocycles. The Morgan fingerprint density at radius 3 is 1.82 bits per heavy atom. The molecule has 2 N–H and O–H groups in total. The van der Waals surface area contributed by atoms with Crippen LogP contribution in [0, 0.1) is 0 Å². The Bertz CT molecular complexity index is 520. The Kier molecular flexibility index (Phi) is 7.64. The molecule has 22 heavy (non-hydrogen) atoms. The van der Waals surface area contributed by atoms with Gasteiger partial charge in [0.15, 0.2) is 0 Å². The maximum Gasteiger partial charge on any atom is 0.232 e. The van der Waals surface area contributed by atoms with E-state index in [0.717, 1.165) is 11.1 Å². The van der Waals surface area contributed by atoms with Crippen molar-refractivity contribution in [3.05, 3.63) is 71.8 Å². The lowest BCUT2D eigenvalue weighted by molar-refractivity contribution is -0.121. The van der Waals surface area contributed by atoms with Gasteiger partial charge < -0.3 is 10.6 Å². The number of likely N-dealkylation sites (N-methyl/N-ethyl adjacent to an activating group) is 1. The number of hydrogen-bond donors (Lipinski definition) is 2. The Hall–Kier alpha value is -1.84. The largest absolute Gasteiger partial charge is 0.354 e. The van der Waals surface area contributed by atoms with Crippen molar-refractivity contribution in [2.24, 2.45) is 0 Å². The van der Waals surface area contributed by atoms with E-state index in [4.69, 9.17) is 0 Å². The predicted molar refractivity (Wildman–Crippen MR) is 93.5 cm³/mol. The third kappa shape index (κ3) is 4.86. The molecule has 0 aromatic heterocycles. The Labute approximate surface area is 138 Å². The van der Waals surface area contributed by atoms with Crippen molar-refractivity contribution in [1.82, 2.24) is 10.6 Å². The number of amides is 1. The summed E-state index contributed by atoms with van der Waals surface area (Å²) >= 11 is 0. The number of carbonyl (C=O) groups is 1. The predicted octanol–water partition coefficient (Wildman–Crippen LogP) is 2.96. The number of rotatable bonds is 6. The van der Waals surface area contributed by atoms with Crippen molar-refractivity contribution < 1.29 is 4.79 Å². The molecule has 0 aliphatic heterocycles. The van der Waals surface area contributed by atoms with Gasteiger partial charge in [0.2, 0.25) is 5.91 Å². The topological polar surface area (TPSA) is 41.1 Å². The van der Waals surface area contributed by atoms with E-state index in [1.807, 2.05) is 74.6 Å². The van der Waals surface area contributed by atoms with Gasteiger partial charge in [0.05, 0.1) is 5.92 Å². The molecule has 0 bridgehead atoms. The minimum atomic E-state index is -0.267. The molecule has 0 aliphatic rings. The maximum absolute atomic E-state index is 12.6. The van der Waals surface area contributed by atoms with Gasteiger partial charge in [0, 0.05) is 12.6 Å². The summed E-state index contributed by atoms with van der Waals surface area (Å²) in [6.07, 6.45) is 0. The molecule has 0 saturated heterocycles. The van der Waals surface area contributed by atoms with Gasteiger partial charge in [-0.1, -0.05) is 60.7 Å². The second kappa shape index (κ2) is 9.23. The standard InChI is InChI=1S/C18H22N2O.ClH/c1-14(19-2)13-20-18(21)17(15-9-5-3-6-10-15)16-11-7-4-8-12-16;/h3-12,14,17,19H,13H2,1-2H3,(H,20,21);1H. The fourth-order valence-electron chi connectivity index (χ4n) is 2.24. The van der Waals surface area contributed by atoms with Crippen LogP contribution in [0.1, 0.15) is 24.0 Å². The first-order valence-corrected chi connectivity index (χ1v) is 7.27. The van der Waals surface area contributed by atoms with E-state index in [2.05, 4.69) is 10.6 Å². The second-order valence-corrected chi connectivity index (χ2v) is 5.19. The van der Waals surface area contributed by atoms with Crippen LogP contribution in [0.2, 0.25) is 0 Å². The SMILES string of the molecule is CNC(C)CNC(=O)C(c1ccccc1)c1ccccc1.Cl. The first kappa shape index (κ1) is 18.2. The van der Waals surface area contributed by atoms with Crippen molar-refractivity contribution in [3.63, 3.8) is 0 Å². The first-order chi connectivity index (χ1) is 10.2. The molecule has 0 spiro atoms. The average molecular weight is 319 g/mol. The molecule has 0 fully saturated rings. The van der Waals surface area contributed by atoms with Crippen molar-refractivity contribution in [1.29, 1.82) is 0 Å². The van der Waals surface area contributed by atoms with Crippen LogP contribution in [-0.4, -0.2) is 25.5 Å². The molecule has 3 nitrogen and oxygen atoms in total. The summed E-state index contributed by atoms with van der Waals surface area (Å²) in [5, 5.41) is 6.15. The van der Waals surface area contributed by atoms with Crippen LogP contribution < -0.4 is 10.6 Å². The summed E-state index contributed by atoms with van der Waals surface area (Å²) in [4.78, 5) is 12.6. The van der Waals surface area contributed by atoms with E-state index >= 15 is 0 Å². The molecule has 2 aromatic rings. The van der Waals surface area contributed by atoms with E-state index in [-0.39, 0.29) is 30.3 Å². The fourth-order valence-corrected chi connectivity index (χ4v) is 2.24. The Morgan fingerprint density at radius 1 is 0.955 bits per heavy atom. The van der Waals surface area contributed by atoms with E-state index in [9.17, 15) is 4.79 Å². The summed E-state index contributed by atoms with van der Waals surface area (Å²) in [5.41, 5.74) is 2.02. The molecule has 0 heterocycles. The zero-order chi connectivity index (χ0) is 15.1. The van der Waals surface area contributed by atoms with Crippen LogP contribution in [0.25, 0.3) is 0 Å². The third-order valence-corrected chi connectivity index (χ3v) is 3.60. The zero-order valence-electron chi connectivity index (χ0n) is 13.0. The molecular formula is C18H23ClN2O. The first-order valence-electron chi connectivity index (χ1n) is 7.27. The van der Waals surface area contributed by atoms with Gasteiger partial charge in [-0.2, -0.15) is 0 Å². The molecule has 0 radical (unpaired) electrons. The number of carbonyl (C=O) groups excluding carboxylic acids is 1. The monoisotopic (exact) mass is 318 g/mol. The summed E-state index contributed by atoms with van der Waals surface area (Å²) in [5.74, 6) is -0.231. The minimum Gasteiger partial charge on any atom is -0.354 e. The molecule has 118 valence electrons. The molecule has 4 heteroatoms. The lowest BCUT2D eigenvalue weighted by atomic mass is 9.90. The van der Waals surface area contributed by atoms with Crippen molar-refractivity contribution in [2.45, 2.75) is 18.9 Å². The molecule has 1 amide bonds. The highest BCUT2D eigenvalue weighted by molar-refractivity contribution is 5.87. The molecule has 0 aliphatic carbocycles. The smallest absolute Gasteiger partial charge is 0.232 e. The van der Waals surface area contributed by atoms with Gasteiger partial charge in [-0.3, -0.25) is 4.79 Å². The summed E-state index contributed by atoms with van der Waals surface area (Å²) in [6.45, 7) is 2.66. The highest BCUT2D eigenvalue weighted by atomic mass is 35.5. The fraction of sp³-hybridized carbons (Fsp3) is 0.278. The van der Waals surface area contributed by atoms with Crippen LogP contribution in [0.5, 0.6) is 0 Å². The van der Waals surface area contributed by atoms with Crippen LogP contribution in [0.4, 0.5) is 0 Å². The number of nitrogens with one attached hydrogen (secondary N) is 2. The van der Waals surface area contributed by atoms with Crippen LogP contribution in [-0.2, 0) is 4.79 Å². The van der Waals surface area contributed by atoms with Crippen molar-refractivity contribution in [3.8, 4) is 0 Å². The molecule has 1 atom stereocenters. The van der Waals surface area contributed by atoms with Crippen molar-refractivity contribution >= 4 is 18.3 Å². The minimum absolute atomic E-state index is 0. The van der Waals surface area contributed by atoms with E-state index in [1.165, 1.54) is 0 Å². The Balaban J connectivity index is 0.00000242. The lowest BCUT2D eigenvalue weighted by Crippen LogP contribution is -2.39. The van der Waals surface area contributed by atoms with Crippen LogP contribution in [0.15, 0.2) is 60.7 Å². The summed E-state index contributed by atoms with van der Waals surface area (Å²) in [6, 6.07) is 20.0. The van der Waals surface area contributed by atoms with E-state index in [0.29, 0.717) is 6.54 Å². The number of halogens is 1. The van der Waals surface area contributed by atoms with Crippen LogP contribution >= 0.6 is 12.4 Å². The van der Waals surface area contributed by atoms with Gasteiger partial charge in [0.1, 0.15) is 0 Å². The Morgan fingerprint density at radius 2 is 1.41 bits per heavy atom. The van der Waals surface area contributed by atoms with Gasteiger partial charge >= 0.3 is 0 Å². The van der Waals surface area contributed by atoms with Crippen molar-refractivity contribution in [2.75, 3.05) is 13.6 Å². The highest BCUT2D eigenvalue weighted by Crippen LogP contribution is 2.24. The zero-order valence-corrected chi connectivity index (χ0v) is 13.8. The molecule has 1 unspecified atom stereocenters. The highest BCUT2D eigenvalue weighted by Gasteiger charge is 2.22. The average Bonchev–Trinajstić information content (AvgIpc) is 2.55. The van der Waals surface area contributed by atoms with Gasteiger partial charge in [-0.05, 0) is 25.1 Å². The summed E-state index contributed by atoms with van der Waals surface area (Å²) in [7, 11) is 1.89. The second-order valence-electron chi connectivity index (χ2n) is 5.19. The normalized spacial score (nSPS) is 11.6. The molecule has 2 aromatic carbocycles. The van der Waals surface area contributed by atoms with Gasteiger partial charge in [-0.15, -0.1) is 12.4 Å². The van der Waals surface area contributed by atoms with E-state index < -0.39 is 0 Å². The molecular weight excluding hydrogens is 296 g/mol.